The van der Waals surface area contributed by atoms with Crippen LogP contribution in [0, 0.1) is 0 Å². The van der Waals surface area contributed by atoms with Gasteiger partial charge in [0, 0.05) is 11.3 Å². The molecule has 3 rings (SSSR count). The maximum absolute atomic E-state index is 12.3. The van der Waals surface area contributed by atoms with Crippen molar-refractivity contribution in [3.63, 3.8) is 0 Å². The fraction of sp³-hybridized carbons (Fsp3) is 0.417. The quantitative estimate of drug-likeness (QED) is 0.655. The lowest BCUT2D eigenvalue weighted by atomic mass is 9.97. The Labute approximate surface area is 178 Å². The second-order valence-corrected chi connectivity index (χ2v) is 7.76. The molecule has 0 aromatic heterocycles. The van der Waals surface area contributed by atoms with E-state index in [4.69, 9.17) is 9.47 Å². The highest BCUT2D eigenvalue weighted by Gasteiger charge is 2.16. The zero-order valence-electron chi connectivity index (χ0n) is 17.8. The number of amides is 1. The molecule has 2 N–H and O–H groups in total. The van der Waals surface area contributed by atoms with Gasteiger partial charge in [0.05, 0.1) is 18.8 Å². The Morgan fingerprint density at radius 2 is 1.80 bits per heavy atom. The number of para-hydroxylation sites is 1. The number of anilines is 1. The van der Waals surface area contributed by atoms with Crippen LogP contribution in [0.15, 0.2) is 48.5 Å². The van der Waals surface area contributed by atoms with Crippen LogP contribution < -0.4 is 10.2 Å². The van der Waals surface area contributed by atoms with Gasteiger partial charge in [0.2, 0.25) is 0 Å². The van der Waals surface area contributed by atoms with Gasteiger partial charge in [-0.25, -0.2) is 4.79 Å². The minimum atomic E-state index is -0.495. The Bertz CT molecular complexity index is 845. The fourth-order valence-corrected chi connectivity index (χ4v) is 3.55. The summed E-state index contributed by atoms with van der Waals surface area (Å²) in [4.78, 5) is 26.1. The van der Waals surface area contributed by atoms with Crippen LogP contribution >= 0.6 is 0 Å². The molecule has 0 unspecified atom stereocenters. The predicted octanol–water partition coefficient (Wildman–Crippen LogP) is 2.41. The van der Waals surface area contributed by atoms with Gasteiger partial charge in [-0.15, -0.1) is 0 Å². The van der Waals surface area contributed by atoms with E-state index in [1.165, 1.54) is 10.5 Å². The number of benzene rings is 2. The first kappa shape index (κ1) is 22.0. The van der Waals surface area contributed by atoms with Crippen LogP contribution in [0.25, 0.3) is 0 Å². The lowest BCUT2D eigenvalue weighted by Gasteiger charge is -2.23. The number of carbonyl (C=O) groups excluding carboxylic acids is 2. The molecule has 0 spiro atoms. The normalized spacial score (nSPS) is 15.4. The number of carbonyl (C=O) groups is 2. The molecule has 0 aliphatic carbocycles. The lowest BCUT2D eigenvalue weighted by molar-refractivity contribution is -0.921. The molecule has 2 aromatic carbocycles. The standard InChI is InChI=1S/C24H30N2O4/c1-3-18(2)21-6-4-5-7-22(21)25-23(27)17-30-24(28)20-10-8-19(9-11-20)16-26-12-14-29-15-13-26/h4-11,18H,3,12-17H2,1-2H3,(H,25,27)/p+1/t18-/m1/s1. The summed E-state index contributed by atoms with van der Waals surface area (Å²) < 4.78 is 10.6. The molecule has 1 saturated heterocycles. The summed E-state index contributed by atoms with van der Waals surface area (Å²) in [5.74, 6) is -0.501. The van der Waals surface area contributed by atoms with Crippen LogP contribution in [-0.2, 0) is 20.8 Å². The van der Waals surface area contributed by atoms with Crippen LogP contribution in [0.2, 0.25) is 0 Å². The number of hydrogen-bond donors (Lipinski definition) is 2. The number of morpholine rings is 1. The van der Waals surface area contributed by atoms with Gasteiger partial charge in [-0.3, -0.25) is 4.79 Å². The highest BCUT2D eigenvalue weighted by molar-refractivity contribution is 5.96. The van der Waals surface area contributed by atoms with E-state index in [9.17, 15) is 9.59 Å². The molecule has 1 atom stereocenters. The minimum Gasteiger partial charge on any atom is -0.452 e. The number of ether oxygens (including phenoxy) is 2. The molecule has 1 aliphatic rings. The Morgan fingerprint density at radius 1 is 1.10 bits per heavy atom. The molecule has 1 heterocycles. The number of nitrogens with one attached hydrogen (secondary N) is 2. The second-order valence-electron chi connectivity index (χ2n) is 7.76. The number of esters is 1. The highest BCUT2D eigenvalue weighted by atomic mass is 16.5. The SMILES string of the molecule is CC[C@@H](C)c1ccccc1NC(=O)COC(=O)c1ccc(C[NH+]2CCOCC2)cc1. The van der Waals surface area contributed by atoms with E-state index >= 15 is 0 Å². The molecule has 6 nitrogen and oxygen atoms in total. The minimum absolute atomic E-state index is 0.312. The van der Waals surface area contributed by atoms with Crippen molar-refractivity contribution in [2.24, 2.45) is 0 Å². The molecule has 1 fully saturated rings. The van der Waals surface area contributed by atoms with Gasteiger partial charge >= 0.3 is 5.97 Å². The van der Waals surface area contributed by atoms with Gasteiger partial charge < -0.3 is 19.7 Å². The molecule has 6 heteroatoms. The second kappa shape index (κ2) is 10.9. The summed E-state index contributed by atoms with van der Waals surface area (Å²) in [5.41, 5.74) is 3.46. The highest BCUT2D eigenvalue weighted by Crippen LogP contribution is 2.26. The van der Waals surface area contributed by atoms with Gasteiger partial charge in [0.1, 0.15) is 19.6 Å². The zero-order chi connectivity index (χ0) is 21.3. The van der Waals surface area contributed by atoms with E-state index in [0.717, 1.165) is 50.5 Å². The summed E-state index contributed by atoms with van der Waals surface area (Å²) in [6, 6.07) is 15.1. The van der Waals surface area contributed by atoms with Crippen LogP contribution in [-0.4, -0.2) is 44.8 Å². The van der Waals surface area contributed by atoms with E-state index in [1.807, 2.05) is 36.4 Å². The first-order valence-corrected chi connectivity index (χ1v) is 10.6. The average Bonchev–Trinajstić information content (AvgIpc) is 2.78. The molecule has 0 bridgehead atoms. The molecule has 1 aliphatic heterocycles. The van der Waals surface area contributed by atoms with Crippen molar-refractivity contribution in [1.29, 1.82) is 0 Å². The van der Waals surface area contributed by atoms with Gasteiger partial charge in [-0.2, -0.15) is 0 Å². The summed E-state index contributed by atoms with van der Waals surface area (Å²) >= 11 is 0. The third kappa shape index (κ3) is 6.15. The largest absolute Gasteiger partial charge is 0.452 e. The van der Waals surface area contributed by atoms with Crippen molar-refractivity contribution in [2.45, 2.75) is 32.7 Å². The van der Waals surface area contributed by atoms with Gasteiger partial charge in [-0.1, -0.05) is 44.2 Å². The monoisotopic (exact) mass is 411 g/mol. The summed E-state index contributed by atoms with van der Waals surface area (Å²) in [7, 11) is 0. The molecule has 0 radical (unpaired) electrons. The van der Waals surface area contributed by atoms with Crippen LogP contribution in [0.1, 0.15) is 47.7 Å². The maximum atomic E-state index is 12.3. The molecule has 0 saturated carbocycles. The molecule has 160 valence electrons. The molecular weight excluding hydrogens is 380 g/mol. The Kier molecular flexibility index (Phi) is 7.99. The fourth-order valence-electron chi connectivity index (χ4n) is 3.55. The number of hydrogen-bond acceptors (Lipinski definition) is 4. The predicted molar refractivity (Wildman–Crippen MR) is 116 cm³/mol. The summed E-state index contributed by atoms with van der Waals surface area (Å²) in [6.45, 7) is 8.42. The van der Waals surface area contributed by atoms with Crippen LogP contribution in [0.4, 0.5) is 5.69 Å². The zero-order valence-corrected chi connectivity index (χ0v) is 17.8. The third-order valence-corrected chi connectivity index (χ3v) is 5.56. The number of quaternary nitrogens is 1. The van der Waals surface area contributed by atoms with Crippen LogP contribution in [0.5, 0.6) is 0 Å². The van der Waals surface area contributed by atoms with Crippen molar-refractivity contribution in [1.82, 2.24) is 0 Å². The van der Waals surface area contributed by atoms with E-state index in [-0.39, 0.29) is 12.5 Å². The topological polar surface area (TPSA) is 69.1 Å². The van der Waals surface area contributed by atoms with Crippen molar-refractivity contribution >= 4 is 17.6 Å². The average molecular weight is 412 g/mol. The van der Waals surface area contributed by atoms with Crippen molar-refractivity contribution in [2.75, 3.05) is 38.2 Å². The van der Waals surface area contributed by atoms with E-state index in [2.05, 4.69) is 19.2 Å². The first-order chi connectivity index (χ1) is 14.6. The molecule has 30 heavy (non-hydrogen) atoms. The smallest absolute Gasteiger partial charge is 0.338 e. The maximum Gasteiger partial charge on any atom is 0.338 e. The van der Waals surface area contributed by atoms with Crippen LogP contribution in [0.3, 0.4) is 0 Å². The van der Waals surface area contributed by atoms with Gasteiger partial charge in [0.25, 0.3) is 5.91 Å². The molecule has 2 aromatic rings. The summed E-state index contributed by atoms with van der Waals surface area (Å²) in [5, 5.41) is 2.86. The Hall–Kier alpha value is -2.70. The third-order valence-electron chi connectivity index (χ3n) is 5.56. The van der Waals surface area contributed by atoms with E-state index < -0.39 is 5.97 Å². The Morgan fingerprint density at radius 3 is 2.50 bits per heavy atom. The van der Waals surface area contributed by atoms with E-state index in [1.54, 1.807) is 12.1 Å². The van der Waals surface area contributed by atoms with Gasteiger partial charge in [0.15, 0.2) is 6.61 Å². The van der Waals surface area contributed by atoms with Crippen molar-refractivity contribution in [3.8, 4) is 0 Å². The first-order valence-electron chi connectivity index (χ1n) is 10.6. The lowest BCUT2D eigenvalue weighted by Crippen LogP contribution is -3.12. The van der Waals surface area contributed by atoms with Crippen molar-refractivity contribution in [3.05, 3.63) is 65.2 Å². The Balaban J connectivity index is 1.50. The summed E-state index contributed by atoms with van der Waals surface area (Å²) in [6.07, 6.45) is 0.977. The van der Waals surface area contributed by atoms with Crippen molar-refractivity contribution < 1.29 is 24.0 Å². The molecular formula is C24H31N2O4+. The number of rotatable bonds is 8. The molecule has 1 amide bonds. The van der Waals surface area contributed by atoms with E-state index in [0.29, 0.717) is 11.5 Å². The van der Waals surface area contributed by atoms with Gasteiger partial charge in [-0.05, 0) is 36.1 Å².